The zero-order chi connectivity index (χ0) is 20.1. The summed E-state index contributed by atoms with van der Waals surface area (Å²) in [6.45, 7) is 0.530. The fourth-order valence-corrected chi connectivity index (χ4v) is 3.71. The molecule has 10 heteroatoms. The predicted octanol–water partition coefficient (Wildman–Crippen LogP) is 4.07. The van der Waals surface area contributed by atoms with Crippen LogP contribution in [-0.4, -0.2) is 33.1 Å². The van der Waals surface area contributed by atoms with Crippen LogP contribution >= 0.6 is 46.6 Å². The third-order valence-electron chi connectivity index (χ3n) is 3.82. The molecule has 0 aliphatic rings. The first-order valence-electron chi connectivity index (χ1n) is 8.24. The van der Waals surface area contributed by atoms with Crippen molar-refractivity contribution in [3.8, 4) is 11.4 Å². The first-order chi connectivity index (χ1) is 13.4. The molecule has 3 aromatic rings. The van der Waals surface area contributed by atoms with E-state index in [1.165, 1.54) is 16.4 Å². The summed E-state index contributed by atoms with van der Waals surface area (Å²) in [7, 11) is 0. The Bertz CT molecular complexity index is 978. The third kappa shape index (κ3) is 5.32. The number of nitrogens with zero attached hydrogens (tertiary/aromatic N) is 3. The Hall–Kier alpha value is -1.93. The van der Waals surface area contributed by atoms with E-state index >= 15 is 0 Å². The van der Waals surface area contributed by atoms with Crippen molar-refractivity contribution < 1.29 is 4.79 Å². The van der Waals surface area contributed by atoms with Crippen molar-refractivity contribution in [2.45, 2.75) is 11.6 Å². The Morgan fingerprint density at radius 3 is 2.50 bits per heavy atom. The van der Waals surface area contributed by atoms with Crippen molar-refractivity contribution in [2.24, 2.45) is 0 Å². The molecule has 0 spiro atoms. The van der Waals surface area contributed by atoms with Crippen LogP contribution in [0.1, 0.15) is 5.56 Å². The quantitative estimate of drug-likeness (QED) is 0.413. The first-order valence-corrected chi connectivity index (χ1v) is 10.4. The summed E-state index contributed by atoms with van der Waals surface area (Å²) in [6.07, 6.45) is 0.722. The van der Waals surface area contributed by atoms with E-state index in [2.05, 4.69) is 15.5 Å². The predicted molar refractivity (Wildman–Crippen MR) is 115 cm³/mol. The third-order valence-corrected chi connectivity index (χ3v) is 5.56. The minimum Gasteiger partial charge on any atom is -0.355 e. The average molecular weight is 457 g/mol. The van der Waals surface area contributed by atoms with Crippen LogP contribution in [0.4, 0.5) is 0 Å². The molecular weight excluding hydrogens is 441 g/mol. The number of rotatable bonds is 7. The maximum atomic E-state index is 12.1. The number of carbonyl (C=O) groups excluding carboxylic acids is 1. The molecule has 146 valence electrons. The smallest absolute Gasteiger partial charge is 0.230 e. The standard InChI is InChI=1S/C18H16Cl3N5OS/c19-12-3-1-11(2-4-12)7-8-23-16(27)10-28-18-25-24-17(26(18)22)14-6-5-13(20)9-15(14)21/h1-6,9H,7-8,10,22H2,(H,23,27). The highest BCUT2D eigenvalue weighted by Gasteiger charge is 2.16. The first kappa shape index (κ1) is 20.8. The topological polar surface area (TPSA) is 85.8 Å². The molecule has 1 heterocycles. The van der Waals surface area contributed by atoms with Gasteiger partial charge in [0.25, 0.3) is 0 Å². The number of hydrogen-bond acceptors (Lipinski definition) is 5. The molecule has 0 radical (unpaired) electrons. The number of halogens is 3. The van der Waals surface area contributed by atoms with Crippen molar-refractivity contribution in [1.82, 2.24) is 20.2 Å². The molecule has 3 rings (SSSR count). The van der Waals surface area contributed by atoms with Gasteiger partial charge in [0, 0.05) is 22.2 Å². The lowest BCUT2D eigenvalue weighted by atomic mass is 10.1. The normalized spacial score (nSPS) is 10.8. The highest BCUT2D eigenvalue weighted by molar-refractivity contribution is 7.99. The summed E-state index contributed by atoms with van der Waals surface area (Å²) in [5.41, 5.74) is 1.71. The molecular formula is C18H16Cl3N5OS. The monoisotopic (exact) mass is 455 g/mol. The molecule has 6 nitrogen and oxygen atoms in total. The Labute approximate surface area is 181 Å². The molecule has 3 N–H and O–H groups in total. The molecule has 0 atom stereocenters. The summed E-state index contributed by atoms with van der Waals surface area (Å²) >= 11 is 19.1. The molecule has 0 fully saturated rings. The van der Waals surface area contributed by atoms with Crippen molar-refractivity contribution in [3.05, 3.63) is 63.1 Å². The van der Waals surface area contributed by atoms with Gasteiger partial charge in [-0.25, -0.2) is 4.68 Å². The molecule has 0 bridgehead atoms. The van der Waals surface area contributed by atoms with Crippen LogP contribution in [0, 0.1) is 0 Å². The van der Waals surface area contributed by atoms with E-state index in [-0.39, 0.29) is 11.7 Å². The van der Waals surface area contributed by atoms with Gasteiger partial charge >= 0.3 is 0 Å². The number of amides is 1. The van der Waals surface area contributed by atoms with E-state index in [0.29, 0.717) is 38.2 Å². The summed E-state index contributed by atoms with van der Waals surface area (Å²) in [6, 6.07) is 12.5. The summed E-state index contributed by atoms with van der Waals surface area (Å²) in [5, 5.41) is 13.0. The lowest BCUT2D eigenvalue weighted by molar-refractivity contribution is -0.118. The molecule has 28 heavy (non-hydrogen) atoms. The highest BCUT2D eigenvalue weighted by atomic mass is 35.5. The van der Waals surface area contributed by atoms with Crippen LogP contribution in [0.15, 0.2) is 47.6 Å². The second-order valence-corrected chi connectivity index (χ2v) is 8.04. The Morgan fingerprint density at radius 2 is 1.79 bits per heavy atom. The summed E-state index contributed by atoms with van der Waals surface area (Å²) < 4.78 is 1.31. The minimum absolute atomic E-state index is 0.118. The number of carbonyl (C=O) groups is 1. The number of nitrogens with two attached hydrogens (primary N) is 1. The van der Waals surface area contributed by atoms with Gasteiger partial charge in [-0.3, -0.25) is 4.79 Å². The van der Waals surface area contributed by atoms with Gasteiger partial charge in [0.1, 0.15) is 0 Å². The van der Waals surface area contributed by atoms with Gasteiger partial charge in [0.2, 0.25) is 11.1 Å². The van der Waals surface area contributed by atoms with Gasteiger partial charge in [-0.1, -0.05) is 58.7 Å². The van der Waals surface area contributed by atoms with Gasteiger partial charge in [-0.15, -0.1) is 10.2 Å². The van der Waals surface area contributed by atoms with Gasteiger partial charge in [-0.05, 0) is 42.3 Å². The minimum atomic E-state index is -0.118. The van der Waals surface area contributed by atoms with Crippen LogP contribution in [0.25, 0.3) is 11.4 Å². The van der Waals surface area contributed by atoms with E-state index in [4.69, 9.17) is 40.6 Å². The van der Waals surface area contributed by atoms with Gasteiger partial charge < -0.3 is 11.2 Å². The second kappa shape index (κ2) is 9.52. The molecule has 0 aliphatic heterocycles. The van der Waals surface area contributed by atoms with Crippen LogP contribution < -0.4 is 11.2 Å². The molecule has 1 aromatic heterocycles. The van der Waals surface area contributed by atoms with Crippen molar-refractivity contribution in [3.63, 3.8) is 0 Å². The number of benzene rings is 2. The molecule has 0 saturated carbocycles. The van der Waals surface area contributed by atoms with Gasteiger partial charge in [0.05, 0.1) is 10.8 Å². The lowest BCUT2D eigenvalue weighted by Crippen LogP contribution is -2.27. The number of aromatic nitrogens is 3. The highest BCUT2D eigenvalue weighted by Crippen LogP contribution is 2.30. The Kier molecular flexibility index (Phi) is 7.07. The van der Waals surface area contributed by atoms with Crippen molar-refractivity contribution >= 4 is 52.5 Å². The van der Waals surface area contributed by atoms with E-state index in [9.17, 15) is 4.79 Å². The Balaban J connectivity index is 1.52. The number of nitrogen functional groups attached to an aromatic ring is 1. The Morgan fingerprint density at radius 1 is 1.07 bits per heavy atom. The largest absolute Gasteiger partial charge is 0.355 e. The maximum Gasteiger partial charge on any atom is 0.230 e. The molecule has 0 saturated heterocycles. The van der Waals surface area contributed by atoms with Crippen LogP contribution in [0.2, 0.25) is 15.1 Å². The average Bonchev–Trinajstić information content (AvgIpc) is 3.02. The van der Waals surface area contributed by atoms with E-state index < -0.39 is 0 Å². The number of nitrogens with one attached hydrogen (secondary N) is 1. The second-order valence-electron chi connectivity index (χ2n) is 5.82. The maximum absolute atomic E-state index is 12.1. The number of thioether (sulfide) groups is 1. The van der Waals surface area contributed by atoms with E-state index in [1.54, 1.807) is 18.2 Å². The van der Waals surface area contributed by atoms with Crippen LogP contribution in [0.3, 0.4) is 0 Å². The molecule has 1 amide bonds. The van der Waals surface area contributed by atoms with E-state index in [1.807, 2.05) is 24.3 Å². The SMILES string of the molecule is Nn1c(SCC(=O)NCCc2ccc(Cl)cc2)nnc1-c1ccc(Cl)cc1Cl. The van der Waals surface area contributed by atoms with Crippen LogP contribution in [-0.2, 0) is 11.2 Å². The fourth-order valence-electron chi connectivity index (χ4n) is 2.41. The lowest BCUT2D eigenvalue weighted by Gasteiger charge is -2.07. The zero-order valence-corrected chi connectivity index (χ0v) is 17.6. The van der Waals surface area contributed by atoms with E-state index in [0.717, 1.165) is 12.0 Å². The molecule has 0 aliphatic carbocycles. The number of hydrogen-bond donors (Lipinski definition) is 2. The molecule has 0 unspecified atom stereocenters. The fraction of sp³-hybridized carbons (Fsp3) is 0.167. The zero-order valence-electron chi connectivity index (χ0n) is 14.5. The van der Waals surface area contributed by atoms with Crippen molar-refractivity contribution in [2.75, 3.05) is 18.1 Å². The summed E-state index contributed by atoms with van der Waals surface area (Å²) in [4.78, 5) is 12.1. The van der Waals surface area contributed by atoms with Crippen LogP contribution in [0.5, 0.6) is 0 Å². The van der Waals surface area contributed by atoms with Gasteiger partial charge in [0.15, 0.2) is 5.82 Å². The summed E-state index contributed by atoms with van der Waals surface area (Å²) in [5.74, 6) is 6.50. The van der Waals surface area contributed by atoms with Gasteiger partial charge in [-0.2, -0.15) is 0 Å². The molecule has 2 aromatic carbocycles. The van der Waals surface area contributed by atoms with Crippen molar-refractivity contribution in [1.29, 1.82) is 0 Å².